The first-order chi connectivity index (χ1) is 14.7. The highest BCUT2D eigenvalue weighted by Crippen LogP contribution is 2.21. The third kappa shape index (κ3) is 5.28. The van der Waals surface area contributed by atoms with E-state index in [0.717, 1.165) is 49.4 Å². The normalized spacial score (nSPS) is 16.7. The van der Waals surface area contributed by atoms with Gasteiger partial charge in [0.05, 0.1) is 11.9 Å². The summed E-state index contributed by atoms with van der Waals surface area (Å²) in [4.78, 5) is 18.7. The lowest BCUT2D eigenvalue weighted by atomic mass is 9.93. The number of nitrogens with zero attached hydrogens (tertiary/aromatic N) is 6. The molecular weight excluding hydrogens is 378 g/mol. The molecule has 1 saturated heterocycles. The number of pyridine rings is 1. The number of carbonyl (C=O) groups excluding carboxylic acids is 1. The van der Waals surface area contributed by atoms with Gasteiger partial charge in [0, 0.05) is 44.2 Å². The molecule has 154 valence electrons. The monoisotopic (exact) mass is 403 g/mol. The Hall–Kier alpha value is -3.55. The molecule has 30 heavy (non-hydrogen) atoms. The summed E-state index contributed by atoms with van der Waals surface area (Å²) in [5.41, 5.74) is 1.86. The maximum atomic E-state index is 12.6. The molecule has 0 aliphatic carbocycles. The SMILES string of the molecule is Cn1cc(/C=C/C(=O)N2CCC[C@H](Cc3ccc(Nc4ccccn4)nn3)C2)cn1. The zero-order valence-corrected chi connectivity index (χ0v) is 17.0. The predicted molar refractivity (Wildman–Crippen MR) is 115 cm³/mol. The van der Waals surface area contributed by atoms with E-state index in [-0.39, 0.29) is 5.91 Å². The molecular formula is C22H25N7O. The summed E-state index contributed by atoms with van der Waals surface area (Å²) >= 11 is 0. The summed E-state index contributed by atoms with van der Waals surface area (Å²) in [6, 6.07) is 9.57. The van der Waals surface area contributed by atoms with Gasteiger partial charge in [-0.15, -0.1) is 5.10 Å². The van der Waals surface area contributed by atoms with Crippen LogP contribution in [0.2, 0.25) is 0 Å². The summed E-state index contributed by atoms with van der Waals surface area (Å²) in [7, 11) is 1.86. The lowest BCUT2D eigenvalue weighted by Crippen LogP contribution is -2.39. The zero-order chi connectivity index (χ0) is 20.8. The first kappa shape index (κ1) is 19.8. The molecule has 1 aliphatic heterocycles. The topological polar surface area (TPSA) is 88.8 Å². The van der Waals surface area contributed by atoms with Crippen molar-refractivity contribution in [1.29, 1.82) is 0 Å². The fraction of sp³-hybridized carbons (Fsp3) is 0.318. The van der Waals surface area contributed by atoms with Crippen LogP contribution in [0.3, 0.4) is 0 Å². The molecule has 1 fully saturated rings. The second kappa shape index (κ2) is 9.30. The number of hydrogen-bond acceptors (Lipinski definition) is 6. The van der Waals surface area contributed by atoms with E-state index in [1.54, 1.807) is 23.2 Å². The molecule has 3 aromatic rings. The van der Waals surface area contributed by atoms with E-state index in [1.807, 2.05) is 54.6 Å². The van der Waals surface area contributed by atoms with Crippen LogP contribution in [0, 0.1) is 5.92 Å². The molecule has 0 unspecified atom stereocenters. The summed E-state index contributed by atoms with van der Waals surface area (Å²) in [5, 5.41) is 15.9. The second-order valence-electron chi connectivity index (χ2n) is 7.53. The molecule has 3 aromatic heterocycles. The molecule has 8 nitrogen and oxygen atoms in total. The maximum Gasteiger partial charge on any atom is 0.246 e. The number of rotatable bonds is 6. The van der Waals surface area contributed by atoms with Gasteiger partial charge in [-0.25, -0.2) is 4.98 Å². The molecule has 1 amide bonds. The Balaban J connectivity index is 1.31. The van der Waals surface area contributed by atoms with E-state index in [9.17, 15) is 4.79 Å². The number of nitrogens with one attached hydrogen (secondary N) is 1. The highest BCUT2D eigenvalue weighted by atomic mass is 16.2. The minimum Gasteiger partial charge on any atom is -0.339 e. The Labute approximate surface area is 175 Å². The smallest absolute Gasteiger partial charge is 0.246 e. The zero-order valence-electron chi connectivity index (χ0n) is 17.0. The van der Waals surface area contributed by atoms with Gasteiger partial charge in [0.15, 0.2) is 5.82 Å². The van der Waals surface area contributed by atoms with Crippen LogP contribution >= 0.6 is 0 Å². The van der Waals surface area contributed by atoms with E-state index in [1.165, 1.54) is 0 Å². The van der Waals surface area contributed by atoms with E-state index in [0.29, 0.717) is 11.7 Å². The van der Waals surface area contributed by atoms with Crippen molar-refractivity contribution in [3.8, 4) is 0 Å². The minimum absolute atomic E-state index is 0.0459. The molecule has 0 saturated carbocycles. The molecule has 0 radical (unpaired) electrons. The van der Waals surface area contributed by atoms with Crippen molar-refractivity contribution in [1.82, 2.24) is 29.9 Å². The van der Waals surface area contributed by atoms with Gasteiger partial charge in [0.25, 0.3) is 0 Å². The fourth-order valence-electron chi connectivity index (χ4n) is 3.63. The highest BCUT2D eigenvalue weighted by molar-refractivity contribution is 5.91. The number of aromatic nitrogens is 5. The van der Waals surface area contributed by atoms with Crippen molar-refractivity contribution < 1.29 is 4.79 Å². The van der Waals surface area contributed by atoms with Crippen LogP contribution in [0.1, 0.15) is 24.1 Å². The number of anilines is 2. The average Bonchev–Trinajstić information content (AvgIpc) is 3.19. The summed E-state index contributed by atoms with van der Waals surface area (Å²) < 4.78 is 1.72. The largest absolute Gasteiger partial charge is 0.339 e. The summed E-state index contributed by atoms with van der Waals surface area (Å²) in [6.45, 7) is 1.54. The Kier molecular flexibility index (Phi) is 6.12. The molecule has 0 aromatic carbocycles. The fourth-order valence-corrected chi connectivity index (χ4v) is 3.63. The Morgan fingerprint density at radius 1 is 1.23 bits per heavy atom. The number of piperidine rings is 1. The number of aryl methyl sites for hydroxylation is 1. The summed E-state index contributed by atoms with van der Waals surface area (Å²) in [5.74, 6) is 1.83. The molecule has 1 atom stereocenters. The Morgan fingerprint density at radius 3 is 2.90 bits per heavy atom. The van der Waals surface area contributed by atoms with E-state index in [2.05, 4.69) is 25.6 Å². The van der Waals surface area contributed by atoms with Crippen molar-refractivity contribution in [2.45, 2.75) is 19.3 Å². The standard InChI is InChI=1S/C22H25N7O/c1-28-15-18(14-24-28)7-10-22(30)29-12-4-5-17(16-29)13-19-8-9-21(27-26-19)25-20-6-2-3-11-23-20/h2-3,6-11,14-15,17H,4-5,12-13,16H2,1H3,(H,23,25,27)/b10-7+/t17-/m1/s1. The molecule has 1 aliphatic rings. The van der Waals surface area contributed by atoms with Crippen molar-refractivity contribution in [3.63, 3.8) is 0 Å². The molecule has 0 bridgehead atoms. The molecule has 4 rings (SSSR count). The first-order valence-electron chi connectivity index (χ1n) is 10.1. The van der Waals surface area contributed by atoms with E-state index in [4.69, 9.17) is 0 Å². The first-order valence-corrected chi connectivity index (χ1v) is 10.1. The van der Waals surface area contributed by atoms with Gasteiger partial charge < -0.3 is 10.2 Å². The van der Waals surface area contributed by atoms with Gasteiger partial charge in [-0.3, -0.25) is 9.48 Å². The van der Waals surface area contributed by atoms with Gasteiger partial charge >= 0.3 is 0 Å². The number of carbonyl (C=O) groups is 1. The molecule has 8 heteroatoms. The van der Waals surface area contributed by atoms with E-state index >= 15 is 0 Å². The average molecular weight is 403 g/mol. The lowest BCUT2D eigenvalue weighted by molar-refractivity contribution is -0.127. The maximum absolute atomic E-state index is 12.6. The third-order valence-corrected chi connectivity index (χ3v) is 5.11. The van der Waals surface area contributed by atoms with Gasteiger partial charge in [0.2, 0.25) is 5.91 Å². The Morgan fingerprint density at radius 2 is 2.17 bits per heavy atom. The molecule has 4 heterocycles. The summed E-state index contributed by atoms with van der Waals surface area (Å²) in [6.07, 6.45) is 11.7. The van der Waals surface area contributed by atoms with Gasteiger partial charge in [0.1, 0.15) is 5.82 Å². The second-order valence-corrected chi connectivity index (χ2v) is 7.53. The number of hydrogen-bond donors (Lipinski definition) is 1. The minimum atomic E-state index is 0.0459. The molecule has 1 N–H and O–H groups in total. The van der Waals surface area contributed by atoms with Crippen LogP contribution in [-0.4, -0.2) is 48.9 Å². The van der Waals surface area contributed by atoms with Crippen molar-refractivity contribution in [2.75, 3.05) is 18.4 Å². The van der Waals surface area contributed by atoms with Gasteiger partial charge in [-0.1, -0.05) is 6.07 Å². The lowest BCUT2D eigenvalue weighted by Gasteiger charge is -2.32. The van der Waals surface area contributed by atoms with Crippen LogP contribution in [0.4, 0.5) is 11.6 Å². The van der Waals surface area contributed by atoms with Crippen LogP contribution in [0.5, 0.6) is 0 Å². The van der Waals surface area contributed by atoms with Crippen molar-refractivity contribution in [2.24, 2.45) is 13.0 Å². The van der Waals surface area contributed by atoms with Crippen molar-refractivity contribution in [3.05, 3.63) is 66.3 Å². The quantitative estimate of drug-likeness (QED) is 0.637. The van der Waals surface area contributed by atoms with Gasteiger partial charge in [-0.05, 0) is 55.5 Å². The van der Waals surface area contributed by atoms with Crippen LogP contribution in [-0.2, 0) is 18.3 Å². The number of amides is 1. The van der Waals surface area contributed by atoms with Crippen LogP contribution < -0.4 is 5.32 Å². The predicted octanol–water partition coefficient (Wildman–Crippen LogP) is 2.84. The van der Waals surface area contributed by atoms with Crippen LogP contribution in [0.25, 0.3) is 6.08 Å². The highest BCUT2D eigenvalue weighted by Gasteiger charge is 2.23. The third-order valence-electron chi connectivity index (χ3n) is 5.11. The molecule has 0 spiro atoms. The van der Waals surface area contributed by atoms with E-state index < -0.39 is 0 Å². The van der Waals surface area contributed by atoms with Crippen LogP contribution in [0.15, 0.2) is 55.0 Å². The van der Waals surface area contributed by atoms with Gasteiger partial charge in [-0.2, -0.15) is 10.2 Å². The van der Waals surface area contributed by atoms with Crippen molar-refractivity contribution >= 4 is 23.6 Å². The Bertz CT molecular complexity index is 998. The number of likely N-dealkylation sites (tertiary alicyclic amines) is 1.